The molecule has 3 rings (SSSR count). The maximum atomic E-state index is 11.4. The van der Waals surface area contributed by atoms with E-state index in [1.54, 1.807) is 12.1 Å². The molecule has 1 unspecified atom stereocenters. The second-order valence-electron chi connectivity index (χ2n) is 6.56. The molecule has 8 N–H and O–H groups in total. The summed E-state index contributed by atoms with van der Waals surface area (Å²) in [5, 5.41) is 45.5. The van der Waals surface area contributed by atoms with Crippen LogP contribution in [0.3, 0.4) is 0 Å². The van der Waals surface area contributed by atoms with E-state index >= 15 is 0 Å². The number of aliphatic hydroxyl groups is 3. The number of H-pyrrole nitrogens is 1. The maximum absolute atomic E-state index is 11.4. The fourth-order valence-electron chi connectivity index (χ4n) is 2.71. The molecule has 0 saturated carbocycles. The van der Waals surface area contributed by atoms with E-state index < -0.39 is 54.4 Å². The first-order valence-corrected chi connectivity index (χ1v) is 8.84. The second kappa shape index (κ2) is 10.1. The lowest BCUT2D eigenvalue weighted by atomic mass is 10.1. The number of ether oxygens (including phenoxy) is 1. The van der Waals surface area contributed by atoms with Gasteiger partial charge in [-0.15, -0.1) is 0 Å². The molecule has 12 nitrogen and oxygen atoms in total. The highest BCUT2D eigenvalue weighted by Crippen LogP contribution is 2.27. The fraction of sp³-hybridized carbons (Fsp3) is 0.389. The van der Waals surface area contributed by atoms with Crippen molar-refractivity contribution in [2.75, 3.05) is 6.61 Å². The van der Waals surface area contributed by atoms with Crippen molar-refractivity contribution in [2.24, 2.45) is 5.73 Å². The van der Waals surface area contributed by atoms with Crippen LogP contribution >= 0.6 is 0 Å². The van der Waals surface area contributed by atoms with Crippen LogP contribution in [-0.4, -0.2) is 72.0 Å². The summed E-state index contributed by atoms with van der Waals surface area (Å²) in [6, 6.07) is 6.52. The zero-order valence-corrected chi connectivity index (χ0v) is 15.7. The Morgan fingerprint density at radius 3 is 2.30 bits per heavy atom. The molecule has 2 aromatic rings. The van der Waals surface area contributed by atoms with E-state index in [1.165, 1.54) is 12.1 Å². The fourth-order valence-corrected chi connectivity index (χ4v) is 2.71. The Morgan fingerprint density at radius 1 is 1.17 bits per heavy atom. The zero-order valence-electron chi connectivity index (χ0n) is 15.7. The van der Waals surface area contributed by atoms with Crippen molar-refractivity contribution in [1.82, 2.24) is 9.55 Å². The van der Waals surface area contributed by atoms with Crippen molar-refractivity contribution in [3.63, 3.8) is 0 Å². The summed E-state index contributed by atoms with van der Waals surface area (Å²) in [6.07, 6.45) is -3.31. The quantitative estimate of drug-likeness (QED) is 0.268. The number of hydrogen-bond acceptors (Lipinski definition) is 9. The van der Waals surface area contributed by atoms with Crippen molar-refractivity contribution < 1.29 is 35.1 Å². The monoisotopic (exact) mass is 425 g/mol. The number of rotatable bonds is 5. The van der Waals surface area contributed by atoms with Gasteiger partial charge in [0.1, 0.15) is 30.1 Å². The van der Waals surface area contributed by atoms with Crippen LogP contribution in [0.5, 0.6) is 5.75 Å². The molecule has 30 heavy (non-hydrogen) atoms. The number of carboxylic acids is 1. The van der Waals surface area contributed by atoms with Crippen LogP contribution in [-0.2, 0) is 16.0 Å². The third kappa shape index (κ3) is 5.75. The summed E-state index contributed by atoms with van der Waals surface area (Å²) in [7, 11) is 0. The van der Waals surface area contributed by atoms with Gasteiger partial charge in [-0.3, -0.25) is 19.1 Å². The number of phenolic OH excluding ortho intramolecular Hbond substituents is 1. The topological polar surface area (TPSA) is 208 Å². The van der Waals surface area contributed by atoms with E-state index in [1.807, 2.05) is 4.98 Å². The van der Waals surface area contributed by atoms with Crippen molar-refractivity contribution in [3.05, 3.63) is 62.9 Å². The summed E-state index contributed by atoms with van der Waals surface area (Å²) >= 11 is 0. The number of carbonyl (C=O) groups is 1. The third-order valence-corrected chi connectivity index (χ3v) is 4.35. The Kier molecular flexibility index (Phi) is 7.86. The van der Waals surface area contributed by atoms with Gasteiger partial charge in [-0.05, 0) is 24.1 Å². The highest BCUT2D eigenvalue weighted by atomic mass is 16.6. The number of aromatic hydroxyl groups is 1. The number of aliphatic hydroxyl groups excluding tert-OH is 3. The molecule has 2 heterocycles. The first-order valence-electron chi connectivity index (χ1n) is 8.84. The van der Waals surface area contributed by atoms with Crippen LogP contribution in [0.1, 0.15) is 11.8 Å². The van der Waals surface area contributed by atoms with Crippen LogP contribution in [0.2, 0.25) is 0 Å². The average Bonchev–Trinajstić information content (AvgIpc) is 2.98. The molecule has 0 amide bonds. The van der Waals surface area contributed by atoms with Gasteiger partial charge in [-0.25, -0.2) is 4.79 Å². The second-order valence-corrected chi connectivity index (χ2v) is 6.56. The predicted molar refractivity (Wildman–Crippen MR) is 102 cm³/mol. The van der Waals surface area contributed by atoms with E-state index in [-0.39, 0.29) is 12.2 Å². The van der Waals surface area contributed by atoms with Gasteiger partial charge in [0.15, 0.2) is 6.23 Å². The van der Waals surface area contributed by atoms with E-state index in [2.05, 4.69) is 0 Å². The summed E-state index contributed by atoms with van der Waals surface area (Å²) in [5.74, 6) is -0.860. The SMILES string of the molecule is NC(Cc1ccc(O)cc1)C(=O)O.O=c1ccn([C@@H]2O[C@H](CO)[C@@H](O)[C@H]2O)c(=O)[nH]1. The maximum Gasteiger partial charge on any atom is 0.330 e. The van der Waals surface area contributed by atoms with Crippen molar-refractivity contribution in [3.8, 4) is 5.75 Å². The molecule has 1 saturated heterocycles. The predicted octanol–water partition coefficient (Wildman–Crippen LogP) is -2.51. The molecule has 0 spiro atoms. The molecule has 0 aliphatic carbocycles. The molecule has 0 radical (unpaired) electrons. The molecule has 1 aliphatic rings. The van der Waals surface area contributed by atoms with Gasteiger partial charge in [0.25, 0.3) is 5.56 Å². The molecule has 1 aliphatic heterocycles. The van der Waals surface area contributed by atoms with Gasteiger partial charge in [0.2, 0.25) is 0 Å². The first kappa shape index (κ1) is 23.3. The standard InChI is InChI=1S/C9H12N2O6.C9H11NO3/c12-3-4-6(14)7(15)8(17-4)11-2-1-5(13)10-9(11)16;10-8(9(12)13)5-6-1-3-7(11)4-2-6/h1-2,4,6-8,12,14-15H,3H2,(H,10,13,16);1-4,8,11H,5,10H2,(H,12,13)/t4-,6-,7-,8-;/m1./s1. The van der Waals surface area contributed by atoms with Gasteiger partial charge in [-0.1, -0.05) is 12.1 Å². The number of aliphatic carboxylic acids is 1. The van der Waals surface area contributed by atoms with Crippen LogP contribution in [0.25, 0.3) is 0 Å². The normalized spacial score (nSPS) is 24.0. The van der Waals surface area contributed by atoms with E-state index in [9.17, 15) is 24.6 Å². The molecule has 1 fully saturated rings. The van der Waals surface area contributed by atoms with E-state index in [4.69, 9.17) is 25.8 Å². The highest BCUT2D eigenvalue weighted by molar-refractivity contribution is 5.73. The minimum absolute atomic E-state index is 0.160. The molecule has 12 heteroatoms. The molecular weight excluding hydrogens is 402 g/mol. The summed E-state index contributed by atoms with van der Waals surface area (Å²) in [4.78, 5) is 34.7. The summed E-state index contributed by atoms with van der Waals surface area (Å²) in [6.45, 7) is -0.479. The molecule has 1 aromatic heterocycles. The van der Waals surface area contributed by atoms with Crippen molar-refractivity contribution in [2.45, 2.75) is 37.0 Å². The molecule has 5 atom stereocenters. The third-order valence-electron chi connectivity index (χ3n) is 4.35. The number of nitrogens with zero attached hydrogens (tertiary/aromatic N) is 1. The lowest BCUT2D eigenvalue weighted by Crippen LogP contribution is -2.37. The Balaban J connectivity index is 0.000000222. The van der Waals surface area contributed by atoms with E-state index in [0.717, 1.165) is 22.4 Å². The molecule has 1 aromatic carbocycles. The van der Waals surface area contributed by atoms with Crippen LogP contribution in [0.4, 0.5) is 0 Å². The van der Waals surface area contributed by atoms with Gasteiger partial charge in [-0.2, -0.15) is 0 Å². The Labute approximate surface area is 169 Å². The number of carboxylic acid groups (broad SMARTS) is 1. The smallest absolute Gasteiger partial charge is 0.330 e. The number of benzene rings is 1. The van der Waals surface area contributed by atoms with E-state index in [0.29, 0.717) is 0 Å². The lowest BCUT2D eigenvalue weighted by Gasteiger charge is -2.16. The van der Waals surface area contributed by atoms with Crippen LogP contribution in [0.15, 0.2) is 46.1 Å². The number of nitrogens with two attached hydrogens (primary N) is 1. The minimum Gasteiger partial charge on any atom is -0.508 e. The number of aromatic nitrogens is 2. The number of nitrogens with one attached hydrogen (secondary N) is 1. The number of phenols is 1. The Bertz CT molecular complexity index is 956. The lowest BCUT2D eigenvalue weighted by molar-refractivity contribution is -0.138. The van der Waals surface area contributed by atoms with Gasteiger partial charge in [0.05, 0.1) is 6.61 Å². The first-order chi connectivity index (χ1) is 14.1. The number of hydrogen-bond donors (Lipinski definition) is 7. The van der Waals surface area contributed by atoms with Crippen LogP contribution < -0.4 is 17.0 Å². The zero-order chi connectivity index (χ0) is 22.4. The highest BCUT2D eigenvalue weighted by Gasteiger charge is 2.43. The summed E-state index contributed by atoms with van der Waals surface area (Å²) in [5.41, 5.74) is 4.79. The molecule has 0 bridgehead atoms. The largest absolute Gasteiger partial charge is 0.508 e. The van der Waals surface area contributed by atoms with Gasteiger partial charge < -0.3 is 36.0 Å². The minimum atomic E-state index is -1.35. The number of aromatic amines is 1. The molecular formula is C18H23N3O9. The summed E-state index contributed by atoms with van der Waals surface area (Å²) < 4.78 is 6.08. The van der Waals surface area contributed by atoms with Crippen molar-refractivity contribution in [1.29, 1.82) is 0 Å². The molecule has 164 valence electrons. The van der Waals surface area contributed by atoms with Gasteiger partial charge >= 0.3 is 11.7 Å². The Morgan fingerprint density at radius 2 is 1.80 bits per heavy atom. The van der Waals surface area contributed by atoms with Crippen LogP contribution in [0, 0.1) is 0 Å². The van der Waals surface area contributed by atoms with Gasteiger partial charge in [0, 0.05) is 12.3 Å². The van der Waals surface area contributed by atoms with Crippen molar-refractivity contribution >= 4 is 5.97 Å². The average molecular weight is 425 g/mol. The Hall–Kier alpha value is -3.03.